The summed E-state index contributed by atoms with van der Waals surface area (Å²) in [5.41, 5.74) is 1.38. The molecule has 64 valence electrons. The summed E-state index contributed by atoms with van der Waals surface area (Å²) in [6.07, 6.45) is -1.79. The first-order chi connectivity index (χ1) is 5.68. The van der Waals surface area contributed by atoms with Gasteiger partial charge in [0, 0.05) is 16.3 Å². The SMILES string of the molecule is OC1Nc2ccc(Cl)cc2C1O. The Balaban J connectivity index is 2.48. The Hall–Kier alpha value is -0.770. The number of nitrogens with one attached hydrogen (secondary N) is 1. The van der Waals surface area contributed by atoms with Crippen LogP contribution in [0.3, 0.4) is 0 Å². The molecule has 0 saturated heterocycles. The van der Waals surface area contributed by atoms with Gasteiger partial charge in [0.2, 0.25) is 0 Å². The smallest absolute Gasteiger partial charge is 0.155 e. The van der Waals surface area contributed by atoms with Crippen molar-refractivity contribution < 1.29 is 10.2 Å². The number of anilines is 1. The average Bonchev–Trinajstić information content (AvgIpc) is 2.31. The van der Waals surface area contributed by atoms with Crippen LogP contribution >= 0.6 is 11.6 Å². The highest BCUT2D eigenvalue weighted by atomic mass is 35.5. The van der Waals surface area contributed by atoms with Crippen LogP contribution in [0, 0.1) is 0 Å². The molecule has 12 heavy (non-hydrogen) atoms. The van der Waals surface area contributed by atoms with E-state index in [4.69, 9.17) is 11.6 Å². The van der Waals surface area contributed by atoms with Crippen LogP contribution in [-0.4, -0.2) is 16.4 Å². The predicted molar refractivity (Wildman–Crippen MR) is 46.0 cm³/mol. The van der Waals surface area contributed by atoms with Crippen molar-refractivity contribution in [3.8, 4) is 0 Å². The van der Waals surface area contributed by atoms with Crippen LogP contribution in [-0.2, 0) is 0 Å². The number of halogens is 1. The molecule has 2 rings (SSSR count). The summed E-state index contributed by atoms with van der Waals surface area (Å²) in [4.78, 5) is 0. The molecule has 0 aliphatic carbocycles. The number of rotatable bonds is 0. The molecule has 2 atom stereocenters. The number of fused-ring (bicyclic) bond motifs is 1. The molecule has 1 aromatic rings. The minimum atomic E-state index is -0.918. The van der Waals surface area contributed by atoms with E-state index in [-0.39, 0.29) is 0 Å². The largest absolute Gasteiger partial charge is 0.384 e. The third kappa shape index (κ3) is 1.06. The second kappa shape index (κ2) is 2.62. The molecular weight excluding hydrogens is 178 g/mol. The minimum absolute atomic E-state index is 0.559. The molecule has 0 amide bonds. The molecule has 4 heteroatoms. The molecule has 1 aliphatic rings. The molecule has 0 radical (unpaired) electrons. The van der Waals surface area contributed by atoms with Crippen molar-refractivity contribution in [1.29, 1.82) is 0 Å². The van der Waals surface area contributed by atoms with E-state index >= 15 is 0 Å². The number of benzene rings is 1. The Morgan fingerprint density at radius 1 is 1.33 bits per heavy atom. The Morgan fingerprint density at radius 2 is 2.08 bits per heavy atom. The van der Waals surface area contributed by atoms with Gasteiger partial charge in [-0.1, -0.05) is 11.6 Å². The van der Waals surface area contributed by atoms with Crippen molar-refractivity contribution >= 4 is 17.3 Å². The fourth-order valence-corrected chi connectivity index (χ4v) is 1.50. The van der Waals surface area contributed by atoms with Gasteiger partial charge in [-0.05, 0) is 18.2 Å². The lowest BCUT2D eigenvalue weighted by molar-refractivity contribution is 0.0462. The molecule has 3 nitrogen and oxygen atoms in total. The normalized spacial score (nSPS) is 26.6. The topological polar surface area (TPSA) is 52.5 Å². The van der Waals surface area contributed by atoms with Crippen molar-refractivity contribution in [3.05, 3.63) is 28.8 Å². The van der Waals surface area contributed by atoms with E-state index in [0.717, 1.165) is 5.69 Å². The fourth-order valence-electron chi connectivity index (χ4n) is 1.32. The van der Waals surface area contributed by atoms with E-state index in [1.807, 2.05) is 0 Å². The molecule has 1 aromatic carbocycles. The van der Waals surface area contributed by atoms with Gasteiger partial charge < -0.3 is 15.5 Å². The molecule has 0 aromatic heterocycles. The van der Waals surface area contributed by atoms with E-state index in [1.165, 1.54) is 0 Å². The molecule has 0 spiro atoms. The highest BCUT2D eigenvalue weighted by Gasteiger charge is 2.28. The first kappa shape index (κ1) is 7.86. The standard InChI is InChI=1S/C8H8ClNO2/c9-4-1-2-6-5(3-4)7(11)8(12)10-6/h1-3,7-8,10-12H. The Bertz CT molecular complexity index is 316. The first-order valence-corrected chi connectivity index (χ1v) is 3.98. The van der Waals surface area contributed by atoms with Gasteiger partial charge in [0.05, 0.1) is 0 Å². The van der Waals surface area contributed by atoms with E-state index in [0.29, 0.717) is 10.6 Å². The third-order valence-corrected chi connectivity index (χ3v) is 2.17. The zero-order chi connectivity index (χ0) is 8.72. The average molecular weight is 186 g/mol. The van der Waals surface area contributed by atoms with E-state index in [2.05, 4.69) is 5.32 Å². The lowest BCUT2D eigenvalue weighted by Crippen LogP contribution is -2.18. The highest BCUT2D eigenvalue weighted by Crippen LogP contribution is 2.34. The predicted octanol–water partition coefficient (Wildman–Crippen LogP) is 1.12. The zero-order valence-electron chi connectivity index (χ0n) is 6.16. The van der Waals surface area contributed by atoms with Gasteiger partial charge in [0.25, 0.3) is 0 Å². The lowest BCUT2D eigenvalue weighted by Gasteiger charge is -2.06. The maximum Gasteiger partial charge on any atom is 0.155 e. The first-order valence-electron chi connectivity index (χ1n) is 3.60. The van der Waals surface area contributed by atoms with E-state index in [1.54, 1.807) is 18.2 Å². The number of aliphatic hydroxyl groups excluding tert-OH is 2. The summed E-state index contributed by atoms with van der Waals surface area (Å²) < 4.78 is 0. The highest BCUT2D eigenvalue weighted by molar-refractivity contribution is 6.30. The summed E-state index contributed by atoms with van der Waals surface area (Å²) in [7, 11) is 0. The minimum Gasteiger partial charge on any atom is -0.384 e. The Labute approximate surface area is 74.6 Å². The van der Waals surface area contributed by atoms with Crippen LogP contribution in [0.25, 0.3) is 0 Å². The van der Waals surface area contributed by atoms with Crippen LogP contribution < -0.4 is 5.32 Å². The molecule has 1 aliphatic heterocycles. The monoisotopic (exact) mass is 185 g/mol. The Morgan fingerprint density at radius 3 is 2.83 bits per heavy atom. The summed E-state index contributed by atoms with van der Waals surface area (Å²) in [5.74, 6) is 0. The quantitative estimate of drug-likeness (QED) is 0.568. The molecule has 0 saturated carbocycles. The summed E-state index contributed by atoms with van der Waals surface area (Å²) in [6, 6.07) is 5.08. The van der Waals surface area contributed by atoms with Crippen LogP contribution in [0.4, 0.5) is 5.69 Å². The van der Waals surface area contributed by atoms with Gasteiger partial charge in [0.15, 0.2) is 6.23 Å². The molecule has 2 unspecified atom stereocenters. The number of aliphatic hydroxyl groups is 2. The zero-order valence-corrected chi connectivity index (χ0v) is 6.92. The van der Waals surface area contributed by atoms with Gasteiger partial charge in [-0.2, -0.15) is 0 Å². The third-order valence-electron chi connectivity index (χ3n) is 1.93. The maximum absolute atomic E-state index is 9.40. The van der Waals surface area contributed by atoms with Gasteiger partial charge in [-0.25, -0.2) is 0 Å². The van der Waals surface area contributed by atoms with Crippen molar-refractivity contribution in [3.63, 3.8) is 0 Å². The van der Waals surface area contributed by atoms with Crippen LogP contribution in [0.2, 0.25) is 5.02 Å². The van der Waals surface area contributed by atoms with Crippen molar-refractivity contribution in [2.75, 3.05) is 5.32 Å². The molecule has 0 bridgehead atoms. The van der Waals surface area contributed by atoms with Gasteiger partial charge in [-0.15, -0.1) is 0 Å². The Kier molecular flexibility index (Phi) is 1.72. The van der Waals surface area contributed by atoms with Crippen molar-refractivity contribution in [2.45, 2.75) is 12.3 Å². The van der Waals surface area contributed by atoms with Crippen molar-refractivity contribution in [2.24, 2.45) is 0 Å². The van der Waals surface area contributed by atoms with Gasteiger partial charge >= 0.3 is 0 Å². The number of hydrogen-bond acceptors (Lipinski definition) is 3. The van der Waals surface area contributed by atoms with Crippen molar-refractivity contribution in [1.82, 2.24) is 0 Å². The van der Waals surface area contributed by atoms with Crippen LogP contribution in [0.1, 0.15) is 11.7 Å². The van der Waals surface area contributed by atoms with E-state index < -0.39 is 12.3 Å². The summed E-state index contributed by atoms with van der Waals surface area (Å²) in [6.45, 7) is 0. The fraction of sp³-hybridized carbons (Fsp3) is 0.250. The second-order valence-electron chi connectivity index (χ2n) is 2.77. The maximum atomic E-state index is 9.40. The van der Waals surface area contributed by atoms with Crippen LogP contribution in [0.15, 0.2) is 18.2 Å². The second-order valence-corrected chi connectivity index (χ2v) is 3.20. The molecule has 0 fully saturated rings. The lowest BCUT2D eigenvalue weighted by atomic mass is 10.1. The molecule has 3 N–H and O–H groups in total. The molecule has 1 heterocycles. The molecular formula is C8H8ClNO2. The number of hydrogen-bond donors (Lipinski definition) is 3. The summed E-state index contributed by atoms with van der Waals surface area (Å²) >= 11 is 5.72. The van der Waals surface area contributed by atoms with Crippen LogP contribution in [0.5, 0.6) is 0 Å². The van der Waals surface area contributed by atoms with E-state index in [9.17, 15) is 10.2 Å². The summed E-state index contributed by atoms with van der Waals surface area (Å²) in [5, 5.41) is 21.9. The van der Waals surface area contributed by atoms with Gasteiger partial charge in [-0.3, -0.25) is 0 Å². The van der Waals surface area contributed by atoms with Gasteiger partial charge in [0.1, 0.15) is 6.10 Å².